The molecule has 96 valence electrons. The Bertz CT molecular complexity index is 570. The maximum absolute atomic E-state index is 12.0. The number of carbonyl (C=O) groups excluding carboxylic acids is 2. The Morgan fingerprint density at radius 3 is 2.32 bits per heavy atom. The van der Waals surface area contributed by atoms with Gasteiger partial charge in [-0.3, -0.25) is 14.6 Å². The molecule has 0 aliphatic heterocycles. The first-order chi connectivity index (χ1) is 9.18. The summed E-state index contributed by atoms with van der Waals surface area (Å²) in [6.45, 7) is 0. The smallest absolute Gasteiger partial charge is 0.270 e. The van der Waals surface area contributed by atoms with E-state index in [0.29, 0.717) is 5.56 Å². The third-order valence-corrected chi connectivity index (χ3v) is 2.59. The lowest BCUT2D eigenvalue weighted by Gasteiger charge is -2.15. The van der Waals surface area contributed by atoms with Gasteiger partial charge in [-0.1, -0.05) is 36.4 Å². The van der Waals surface area contributed by atoms with Crippen LogP contribution in [0, 0.1) is 0 Å². The van der Waals surface area contributed by atoms with E-state index in [1.165, 1.54) is 6.20 Å². The fourth-order valence-electron chi connectivity index (χ4n) is 1.67. The Kier molecular flexibility index (Phi) is 3.87. The van der Waals surface area contributed by atoms with Crippen LogP contribution >= 0.6 is 0 Å². The van der Waals surface area contributed by atoms with Gasteiger partial charge in [-0.05, 0) is 17.7 Å². The maximum Gasteiger partial charge on any atom is 0.270 e. The Morgan fingerprint density at radius 2 is 1.74 bits per heavy atom. The number of rotatable bonds is 4. The molecular formula is C14H13N3O2. The molecule has 0 unspecified atom stereocenters. The minimum atomic E-state index is -0.865. The summed E-state index contributed by atoms with van der Waals surface area (Å²) in [7, 11) is 0. The van der Waals surface area contributed by atoms with Gasteiger partial charge in [0.15, 0.2) is 0 Å². The van der Waals surface area contributed by atoms with Gasteiger partial charge in [-0.25, -0.2) is 0 Å². The van der Waals surface area contributed by atoms with E-state index in [0.717, 1.165) is 0 Å². The number of nitrogens with two attached hydrogens (primary N) is 1. The van der Waals surface area contributed by atoms with E-state index >= 15 is 0 Å². The van der Waals surface area contributed by atoms with Crippen molar-refractivity contribution in [2.75, 3.05) is 0 Å². The topological polar surface area (TPSA) is 85.1 Å². The van der Waals surface area contributed by atoms with Crippen LogP contribution in [0.2, 0.25) is 0 Å². The first kappa shape index (κ1) is 12.8. The van der Waals surface area contributed by atoms with Crippen molar-refractivity contribution in [1.82, 2.24) is 10.3 Å². The van der Waals surface area contributed by atoms with E-state index in [1.807, 2.05) is 6.07 Å². The van der Waals surface area contributed by atoms with Crippen LogP contribution in [0.5, 0.6) is 0 Å². The van der Waals surface area contributed by atoms with Gasteiger partial charge >= 0.3 is 0 Å². The Hall–Kier alpha value is -2.69. The lowest BCUT2D eigenvalue weighted by molar-refractivity contribution is -0.120. The molecule has 0 saturated heterocycles. The molecule has 1 atom stereocenters. The summed E-state index contributed by atoms with van der Waals surface area (Å²) >= 11 is 0. The molecular weight excluding hydrogens is 242 g/mol. The first-order valence-corrected chi connectivity index (χ1v) is 5.74. The van der Waals surface area contributed by atoms with Gasteiger partial charge in [0.2, 0.25) is 5.91 Å². The molecule has 0 saturated carbocycles. The zero-order valence-electron chi connectivity index (χ0n) is 10.1. The highest BCUT2D eigenvalue weighted by Gasteiger charge is 2.20. The molecule has 0 aliphatic carbocycles. The van der Waals surface area contributed by atoms with Crippen molar-refractivity contribution in [3.63, 3.8) is 0 Å². The van der Waals surface area contributed by atoms with E-state index in [9.17, 15) is 9.59 Å². The van der Waals surface area contributed by atoms with Crippen LogP contribution in [0.1, 0.15) is 22.1 Å². The van der Waals surface area contributed by atoms with Crippen LogP contribution in [-0.4, -0.2) is 16.8 Å². The van der Waals surface area contributed by atoms with Crippen molar-refractivity contribution in [1.29, 1.82) is 0 Å². The van der Waals surface area contributed by atoms with Crippen molar-refractivity contribution in [2.24, 2.45) is 5.73 Å². The second-order valence-electron chi connectivity index (χ2n) is 3.93. The van der Waals surface area contributed by atoms with Crippen LogP contribution in [0.3, 0.4) is 0 Å². The Balaban J connectivity index is 2.19. The van der Waals surface area contributed by atoms with Gasteiger partial charge in [-0.15, -0.1) is 0 Å². The number of primary amides is 1. The molecule has 19 heavy (non-hydrogen) atoms. The summed E-state index contributed by atoms with van der Waals surface area (Å²) in [6, 6.07) is 12.9. The summed E-state index contributed by atoms with van der Waals surface area (Å²) < 4.78 is 0. The zero-order chi connectivity index (χ0) is 13.7. The highest BCUT2D eigenvalue weighted by atomic mass is 16.2. The Labute approximate surface area is 110 Å². The third-order valence-electron chi connectivity index (χ3n) is 2.59. The predicted molar refractivity (Wildman–Crippen MR) is 70.1 cm³/mol. The lowest BCUT2D eigenvalue weighted by atomic mass is 10.1. The summed E-state index contributed by atoms with van der Waals surface area (Å²) in [6.07, 6.45) is 1.51. The van der Waals surface area contributed by atoms with Crippen molar-refractivity contribution >= 4 is 11.8 Å². The molecule has 1 aromatic carbocycles. The largest absolute Gasteiger partial charge is 0.368 e. The molecule has 2 amide bonds. The number of nitrogens with one attached hydrogen (secondary N) is 1. The molecule has 0 spiro atoms. The van der Waals surface area contributed by atoms with Crippen molar-refractivity contribution in [3.05, 3.63) is 66.0 Å². The number of aromatic nitrogens is 1. The molecule has 0 aliphatic rings. The molecule has 5 heteroatoms. The summed E-state index contributed by atoms with van der Waals surface area (Å²) in [5, 5.41) is 2.57. The molecule has 5 nitrogen and oxygen atoms in total. The fraction of sp³-hybridized carbons (Fsp3) is 0.0714. The van der Waals surface area contributed by atoms with Crippen LogP contribution in [0.15, 0.2) is 54.7 Å². The van der Waals surface area contributed by atoms with Crippen LogP contribution in [0.25, 0.3) is 0 Å². The van der Waals surface area contributed by atoms with Crippen LogP contribution < -0.4 is 11.1 Å². The number of hydrogen-bond donors (Lipinski definition) is 2. The Morgan fingerprint density at radius 1 is 1.05 bits per heavy atom. The van der Waals surface area contributed by atoms with Gasteiger partial charge in [-0.2, -0.15) is 0 Å². The highest BCUT2D eigenvalue weighted by Crippen LogP contribution is 2.12. The second-order valence-corrected chi connectivity index (χ2v) is 3.93. The first-order valence-electron chi connectivity index (χ1n) is 5.74. The van der Waals surface area contributed by atoms with Gasteiger partial charge in [0.05, 0.1) is 0 Å². The molecule has 0 fully saturated rings. The average molecular weight is 255 g/mol. The van der Waals surface area contributed by atoms with Crippen LogP contribution in [0.4, 0.5) is 0 Å². The zero-order valence-corrected chi connectivity index (χ0v) is 10.1. The number of hydrogen-bond acceptors (Lipinski definition) is 3. The molecule has 2 rings (SSSR count). The van der Waals surface area contributed by atoms with Gasteiger partial charge in [0.25, 0.3) is 5.91 Å². The number of amides is 2. The molecule has 0 bridgehead atoms. The molecule has 0 radical (unpaired) electrons. The number of carbonyl (C=O) groups is 2. The third kappa shape index (κ3) is 3.16. The molecule has 1 aromatic heterocycles. The summed E-state index contributed by atoms with van der Waals surface area (Å²) in [4.78, 5) is 27.3. The SMILES string of the molecule is NC(=O)[C@H](NC(=O)c1ccccn1)c1ccccc1. The van der Waals surface area contributed by atoms with Gasteiger partial charge in [0.1, 0.15) is 11.7 Å². The maximum atomic E-state index is 12.0. The lowest BCUT2D eigenvalue weighted by Crippen LogP contribution is -2.37. The average Bonchev–Trinajstić information content (AvgIpc) is 2.46. The highest BCUT2D eigenvalue weighted by molar-refractivity contribution is 5.96. The minimum Gasteiger partial charge on any atom is -0.368 e. The number of nitrogens with zero attached hydrogens (tertiary/aromatic N) is 1. The van der Waals surface area contributed by atoms with Crippen molar-refractivity contribution < 1.29 is 9.59 Å². The molecule has 3 N–H and O–H groups in total. The number of benzene rings is 1. The van der Waals surface area contributed by atoms with Crippen molar-refractivity contribution in [2.45, 2.75) is 6.04 Å². The standard InChI is InChI=1S/C14H13N3O2/c15-13(18)12(10-6-2-1-3-7-10)17-14(19)11-8-4-5-9-16-11/h1-9,12H,(H2,15,18)(H,17,19)/t12-/m1/s1. The van der Waals surface area contributed by atoms with Gasteiger partial charge < -0.3 is 11.1 Å². The van der Waals surface area contributed by atoms with E-state index in [2.05, 4.69) is 10.3 Å². The fourth-order valence-corrected chi connectivity index (χ4v) is 1.67. The normalized spacial score (nSPS) is 11.6. The monoisotopic (exact) mass is 255 g/mol. The summed E-state index contributed by atoms with van der Waals surface area (Å²) in [5.74, 6) is -1.05. The van der Waals surface area contributed by atoms with E-state index < -0.39 is 17.9 Å². The van der Waals surface area contributed by atoms with Gasteiger partial charge in [0, 0.05) is 6.20 Å². The molecule has 2 aromatic rings. The van der Waals surface area contributed by atoms with Crippen molar-refractivity contribution in [3.8, 4) is 0 Å². The quantitative estimate of drug-likeness (QED) is 0.855. The van der Waals surface area contributed by atoms with E-state index in [-0.39, 0.29) is 5.69 Å². The van der Waals surface area contributed by atoms with E-state index in [1.54, 1.807) is 42.5 Å². The van der Waals surface area contributed by atoms with E-state index in [4.69, 9.17) is 5.73 Å². The predicted octanol–water partition coefficient (Wildman–Crippen LogP) is 1.04. The van der Waals surface area contributed by atoms with Crippen LogP contribution in [-0.2, 0) is 4.79 Å². The minimum absolute atomic E-state index is 0.240. The second kappa shape index (κ2) is 5.77. The number of pyridine rings is 1. The molecule has 1 heterocycles. The summed E-state index contributed by atoms with van der Waals surface area (Å²) in [5.41, 5.74) is 6.20.